The number of aromatic nitrogens is 3. The molecule has 1 amide bonds. The summed E-state index contributed by atoms with van der Waals surface area (Å²) in [6.07, 6.45) is 3.64. The number of amides is 1. The number of allylic oxidation sites excluding steroid dienone is 1. The fourth-order valence-corrected chi connectivity index (χ4v) is 5.45. The molecule has 0 fully saturated rings. The molecule has 0 unspecified atom stereocenters. The number of nitrogens with one attached hydrogen (secondary N) is 1. The highest BCUT2D eigenvalue weighted by molar-refractivity contribution is 7.07. The van der Waals surface area contributed by atoms with Crippen LogP contribution < -0.4 is 24.9 Å². The second kappa shape index (κ2) is 9.55. The minimum atomic E-state index is -0.786. The number of rotatable bonds is 5. The molecular formula is C27H25N5O4S. The Hall–Kier alpha value is -4.44. The number of nitrogens with zero attached hydrogens (tertiary/aromatic N) is 4. The van der Waals surface area contributed by atoms with Crippen LogP contribution in [0.25, 0.3) is 6.08 Å². The SMILES string of the molecule is COc1cc([C@@H]2C(C(=O)Nc3ccccc3)=C(C)N=c3s/c(=C/c4cn(C)nc4C)c(=O)n32)ccc1O. The van der Waals surface area contributed by atoms with E-state index in [0.717, 1.165) is 11.3 Å². The number of fused-ring (bicyclic) bond motifs is 1. The monoisotopic (exact) mass is 515 g/mol. The predicted molar refractivity (Wildman–Crippen MR) is 141 cm³/mol. The van der Waals surface area contributed by atoms with Crippen LogP contribution in [0.15, 0.2) is 75.8 Å². The van der Waals surface area contributed by atoms with Crippen molar-refractivity contribution in [2.24, 2.45) is 12.0 Å². The molecule has 0 saturated carbocycles. The number of benzene rings is 2. The van der Waals surface area contributed by atoms with Crippen molar-refractivity contribution in [1.29, 1.82) is 0 Å². The summed E-state index contributed by atoms with van der Waals surface area (Å²) in [4.78, 5) is 32.5. The van der Waals surface area contributed by atoms with Gasteiger partial charge in [0.05, 0.1) is 34.6 Å². The van der Waals surface area contributed by atoms with Gasteiger partial charge in [-0.1, -0.05) is 35.6 Å². The molecule has 1 atom stereocenters. The van der Waals surface area contributed by atoms with E-state index in [1.54, 1.807) is 41.9 Å². The topological polar surface area (TPSA) is 111 Å². The number of aryl methyl sites for hydroxylation is 2. The highest BCUT2D eigenvalue weighted by Gasteiger charge is 2.33. The average molecular weight is 516 g/mol. The second-order valence-electron chi connectivity index (χ2n) is 8.68. The van der Waals surface area contributed by atoms with Gasteiger partial charge in [0.15, 0.2) is 16.3 Å². The fraction of sp³-hybridized carbons (Fsp3) is 0.185. The van der Waals surface area contributed by atoms with Crippen molar-refractivity contribution in [2.45, 2.75) is 19.9 Å². The number of methoxy groups -OCH3 is 1. The summed E-state index contributed by atoms with van der Waals surface area (Å²) >= 11 is 1.25. The van der Waals surface area contributed by atoms with E-state index in [9.17, 15) is 14.7 Å². The van der Waals surface area contributed by atoms with Crippen molar-refractivity contribution in [3.63, 3.8) is 0 Å². The van der Waals surface area contributed by atoms with Crippen LogP contribution in [0.4, 0.5) is 5.69 Å². The normalized spacial score (nSPS) is 15.4. The van der Waals surface area contributed by atoms with Gasteiger partial charge in [-0.25, -0.2) is 4.99 Å². The number of anilines is 1. The van der Waals surface area contributed by atoms with Gasteiger partial charge < -0.3 is 15.2 Å². The Morgan fingerprint density at radius 1 is 1.19 bits per heavy atom. The number of carbonyl (C=O) groups is 1. The zero-order valence-corrected chi connectivity index (χ0v) is 21.5. The van der Waals surface area contributed by atoms with Crippen molar-refractivity contribution in [2.75, 3.05) is 12.4 Å². The Kier molecular flexibility index (Phi) is 6.26. The second-order valence-corrected chi connectivity index (χ2v) is 9.69. The standard InChI is InChI=1S/C27H25N5O4S/c1-15-18(14-31(3)30-15)13-22-26(35)32-24(17-10-11-20(33)21(12-17)36-4)23(16(2)28-27(32)37-22)25(34)29-19-8-6-5-7-9-19/h5-14,24,33H,1-4H3,(H,29,34)/b22-13+/t24-/m1/s1. The first-order valence-electron chi connectivity index (χ1n) is 11.5. The third-order valence-corrected chi connectivity index (χ3v) is 7.14. The molecule has 9 nitrogen and oxygen atoms in total. The van der Waals surface area contributed by atoms with Crippen LogP contribution in [0.1, 0.15) is 29.8 Å². The molecule has 1 aliphatic heterocycles. The van der Waals surface area contributed by atoms with Gasteiger partial charge in [-0.05, 0) is 49.8 Å². The first-order chi connectivity index (χ1) is 17.8. The smallest absolute Gasteiger partial charge is 0.271 e. The lowest BCUT2D eigenvalue weighted by atomic mass is 9.94. The lowest BCUT2D eigenvalue weighted by Gasteiger charge is -2.25. The summed E-state index contributed by atoms with van der Waals surface area (Å²) < 4.78 is 9.02. The summed E-state index contributed by atoms with van der Waals surface area (Å²) in [5.41, 5.74) is 3.40. The molecule has 2 N–H and O–H groups in total. The Labute approximate surface area is 216 Å². The Morgan fingerprint density at radius 3 is 2.62 bits per heavy atom. The molecule has 0 aliphatic carbocycles. The number of ether oxygens (including phenoxy) is 1. The van der Waals surface area contributed by atoms with Crippen molar-refractivity contribution in [3.05, 3.63) is 103 Å². The Balaban J connectivity index is 1.71. The molecule has 2 aromatic carbocycles. The third-order valence-electron chi connectivity index (χ3n) is 6.16. The van der Waals surface area contributed by atoms with Gasteiger partial charge in [0.25, 0.3) is 11.5 Å². The number of phenols is 1. The van der Waals surface area contributed by atoms with E-state index in [-0.39, 0.29) is 23.0 Å². The molecule has 2 aromatic heterocycles. The molecular weight excluding hydrogens is 490 g/mol. The molecule has 0 radical (unpaired) electrons. The molecule has 0 bridgehead atoms. The summed E-state index contributed by atoms with van der Waals surface area (Å²) in [6, 6.07) is 13.1. The number of thiazole rings is 1. The van der Waals surface area contributed by atoms with Crippen molar-refractivity contribution in [3.8, 4) is 11.5 Å². The lowest BCUT2D eigenvalue weighted by molar-refractivity contribution is -0.113. The molecule has 0 spiro atoms. The maximum atomic E-state index is 13.8. The summed E-state index contributed by atoms with van der Waals surface area (Å²) in [5, 5.41) is 17.5. The maximum absolute atomic E-state index is 13.8. The van der Waals surface area contributed by atoms with E-state index in [1.165, 1.54) is 29.1 Å². The van der Waals surface area contributed by atoms with Gasteiger partial charge in [0.1, 0.15) is 0 Å². The summed E-state index contributed by atoms with van der Waals surface area (Å²) in [5.74, 6) is -0.174. The van der Waals surface area contributed by atoms with Crippen LogP contribution >= 0.6 is 11.3 Å². The molecule has 10 heteroatoms. The van der Waals surface area contributed by atoms with Gasteiger partial charge in [-0.3, -0.25) is 18.8 Å². The zero-order valence-electron chi connectivity index (χ0n) is 20.7. The number of carbonyl (C=O) groups excluding carboxylic acids is 1. The van der Waals surface area contributed by atoms with Gasteiger partial charge in [0.2, 0.25) is 0 Å². The maximum Gasteiger partial charge on any atom is 0.271 e. The van der Waals surface area contributed by atoms with Crippen molar-refractivity contribution >= 4 is 29.0 Å². The van der Waals surface area contributed by atoms with Crippen LogP contribution in [0.3, 0.4) is 0 Å². The van der Waals surface area contributed by atoms with Gasteiger partial charge in [-0.15, -0.1) is 0 Å². The van der Waals surface area contributed by atoms with Gasteiger partial charge in [-0.2, -0.15) is 5.10 Å². The largest absolute Gasteiger partial charge is 0.504 e. The van der Waals surface area contributed by atoms with E-state index >= 15 is 0 Å². The fourth-order valence-electron chi connectivity index (χ4n) is 4.41. The lowest BCUT2D eigenvalue weighted by Crippen LogP contribution is -2.40. The van der Waals surface area contributed by atoms with E-state index in [2.05, 4.69) is 15.4 Å². The van der Waals surface area contributed by atoms with Crippen molar-refractivity contribution < 1.29 is 14.6 Å². The molecule has 3 heterocycles. The van der Waals surface area contributed by atoms with Gasteiger partial charge in [0, 0.05) is 24.5 Å². The number of aromatic hydroxyl groups is 1. The summed E-state index contributed by atoms with van der Waals surface area (Å²) in [6.45, 7) is 3.64. The minimum Gasteiger partial charge on any atom is -0.504 e. The molecule has 0 saturated heterocycles. The number of hydrogen-bond acceptors (Lipinski definition) is 7. The van der Waals surface area contributed by atoms with E-state index in [4.69, 9.17) is 4.74 Å². The zero-order chi connectivity index (χ0) is 26.3. The molecule has 4 aromatic rings. The number of para-hydroxylation sites is 1. The third kappa shape index (κ3) is 4.47. The van der Waals surface area contributed by atoms with E-state index in [1.807, 2.05) is 38.4 Å². The van der Waals surface area contributed by atoms with Crippen LogP contribution in [0, 0.1) is 6.92 Å². The van der Waals surface area contributed by atoms with E-state index < -0.39 is 6.04 Å². The van der Waals surface area contributed by atoms with Crippen LogP contribution in [-0.2, 0) is 11.8 Å². The Bertz CT molecular complexity index is 1730. The van der Waals surface area contributed by atoms with Crippen LogP contribution in [0.5, 0.6) is 11.5 Å². The molecule has 5 rings (SSSR count). The number of phenolic OH excluding ortho intramolecular Hbond substituents is 1. The minimum absolute atomic E-state index is 0.0401. The quantitative estimate of drug-likeness (QED) is 0.425. The number of hydrogen-bond donors (Lipinski definition) is 2. The molecule has 37 heavy (non-hydrogen) atoms. The van der Waals surface area contributed by atoms with Crippen LogP contribution in [0.2, 0.25) is 0 Å². The van der Waals surface area contributed by atoms with Crippen LogP contribution in [-0.4, -0.2) is 32.5 Å². The predicted octanol–water partition coefficient (Wildman–Crippen LogP) is 2.63. The average Bonchev–Trinajstić information content (AvgIpc) is 3.35. The molecule has 1 aliphatic rings. The van der Waals surface area contributed by atoms with Gasteiger partial charge >= 0.3 is 0 Å². The highest BCUT2D eigenvalue weighted by Crippen LogP contribution is 2.35. The van der Waals surface area contributed by atoms with E-state index in [0.29, 0.717) is 31.9 Å². The molecule has 188 valence electrons. The highest BCUT2D eigenvalue weighted by atomic mass is 32.1. The first kappa shape index (κ1) is 24.3. The first-order valence-corrected chi connectivity index (χ1v) is 12.3. The van der Waals surface area contributed by atoms with Crippen molar-refractivity contribution in [1.82, 2.24) is 14.3 Å². The Morgan fingerprint density at radius 2 is 1.95 bits per heavy atom. The summed E-state index contributed by atoms with van der Waals surface area (Å²) in [7, 11) is 3.27.